The normalized spacial score (nSPS) is 10.2. The lowest BCUT2D eigenvalue weighted by molar-refractivity contribution is 0.102. The molecule has 0 saturated heterocycles. The van der Waals surface area contributed by atoms with Crippen molar-refractivity contribution in [3.05, 3.63) is 63.4 Å². The highest BCUT2D eigenvalue weighted by Gasteiger charge is 2.15. The van der Waals surface area contributed by atoms with E-state index in [4.69, 9.17) is 41.2 Å². The zero-order valence-electron chi connectivity index (χ0n) is 10.5. The molecule has 2 aromatic carbocycles. The molecule has 0 unspecified atom stereocenters. The average Bonchev–Trinajstić information content (AvgIpc) is 2.40. The third kappa shape index (κ3) is 3.50. The summed E-state index contributed by atoms with van der Waals surface area (Å²) in [5, 5.41) is 3.01. The van der Waals surface area contributed by atoms with Gasteiger partial charge < -0.3 is 11.1 Å². The zero-order valence-corrected chi connectivity index (χ0v) is 12.8. The van der Waals surface area contributed by atoms with Crippen molar-refractivity contribution in [2.45, 2.75) is 0 Å². The zero-order chi connectivity index (χ0) is 15.6. The van der Waals surface area contributed by atoms with E-state index in [2.05, 4.69) is 5.32 Å². The number of hydrogen-bond acceptors (Lipinski definition) is 2. The fourth-order valence-electron chi connectivity index (χ4n) is 1.70. The predicted octanol–water partition coefficient (Wildman–Crippen LogP) is 4.02. The fraction of sp³-hybridized carbons (Fsp3) is 0. The Kier molecular flexibility index (Phi) is 4.77. The van der Waals surface area contributed by atoms with Crippen molar-refractivity contribution in [1.29, 1.82) is 0 Å². The maximum absolute atomic E-state index is 13.5. The number of anilines is 1. The van der Waals surface area contributed by atoms with Gasteiger partial charge >= 0.3 is 0 Å². The minimum absolute atomic E-state index is 0.0491. The van der Waals surface area contributed by atoms with Crippen molar-refractivity contribution in [2.24, 2.45) is 5.73 Å². The molecule has 0 aromatic heterocycles. The third-order valence-electron chi connectivity index (χ3n) is 2.68. The molecule has 0 aliphatic carbocycles. The second-order valence-electron chi connectivity index (χ2n) is 4.11. The van der Waals surface area contributed by atoms with Crippen LogP contribution in [-0.2, 0) is 0 Å². The molecule has 0 saturated carbocycles. The molecule has 7 heteroatoms. The lowest BCUT2D eigenvalue weighted by Gasteiger charge is -2.10. The Hall–Kier alpha value is -1.69. The molecule has 0 atom stereocenters. The Morgan fingerprint density at radius 3 is 2.38 bits per heavy atom. The van der Waals surface area contributed by atoms with Crippen LogP contribution < -0.4 is 11.1 Å². The van der Waals surface area contributed by atoms with Crippen LogP contribution in [0, 0.1) is 5.82 Å². The van der Waals surface area contributed by atoms with Gasteiger partial charge in [-0.1, -0.05) is 41.5 Å². The van der Waals surface area contributed by atoms with E-state index in [1.807, 2.05) is 0 Å². The first-order valence-corrected chi connectivity index (χ1v) is 6.91. The smallest absolute Gasteiger partial charge is 0.258 e. The Morgan fingerprint density at radius 1 is 1.19 bits per heavy atom. The number of amides is 1. The summed E-state index contributed by atoms with van der Waals surface area (Å²) < 4.78 is 13.5. The van der Waals surface area contributed by atoms with E-state index in [1.165, 1.54) is 12.1 Å². The minimum Gasteiger partial charge on any atom is -0.389 e. The van der Waals surface area contributed by atoms with Gasteiger partial charge in [-0.3, -0.25) is 4.79 Å². The van der Waals surface area contributed by atoms with E-state index in [0.29, 0.717) is 5.69 Å². The number of hydrogen-bond donors (Lipinski definition) is 2. The summed E-state index contributed by atoms with van der Waals surface area (Å²) >= 11 is 16.6. The number of nitrogens with one attached hydrogen (secondary N) is 1. The van der Waals surface area contributed by atoms with Crippen LogP contribution in [0.1, 0.15) is 15.9 Å². The van der Waals surface area contributed by atoms with E-state index < -0.39 is 11.7 Å². The van der Waals surface area contributed by atoms with E-state index in [-0.39, 0.29) is 26.2 Å². The second kappa shape index (κ2) is 6.39. The summed E-state index contributed by atoms with van der Waals surface area (Å²) in [6.07, 6.45) is 0. The Balaban J connectivity index is 2.32. The van der Waals surface area contributed by atoms with E-state index in [9.17, 15) is 9.18 Å². The monoisotopic (exact) mass is 342 g/mol. The third-order valence-corrected chi connectivity index (χ3v) is 3.53. The van der Waals surface area contributed by atoms with E-state index in [0.717, 1.165) is 6.07 Å². The number of thiocarbonyl (C=S) groups is 1. The molecule has 0 heterocycles. The van der Waals surface area contributed by atoms with Gasteiger partial charge in [0.15, 0.2) is 0 Å². The number of halogens is 3. The van der Waals surface area contributed by atoms with Gasteiger partial charge in [0.2, 0.25) is 0 Å². The first kappa shape index (κ1) is 15.7. The highest BCUT2D eigenvalue weighted by atomic mass is 35.5. The van der Waals surface area contributed by atoms with Gasteiger partial charge in [0, 0.05) is 11.3 Å². The van der Waals surface area contributed by atoms with Crippen LogP contribution in [-0.4, -0.2) is 10.9 Å². The van der Waals surface area contributed by atoms with Crippen molar-refractivity contribution in [3.8, 4) is 0 Å². The van der Waals surface area contributed by atoms with Crippen LogP contribution in [0.5, 0.6) is 0 Å². The van der Waals surface area contributed by atoms with Crippen LogP contribution in [0.2, 0.25) is 10.0 Å². The Morgan fingerprint density at radius 2 is 1.81 bits per heavy atom. The quantitative estimate of drug-likeness (QED) is 0.828. The molecule has 0 aliphatic rings. The number of rotatable bonds is 3. The van der Waals surface area contributed by atoms with Crippen LogP contribution >= 0.6 is 35.4 Å². The van der Waals surface area contributed by atoms with Crippen LogP contribution in [0.3, 0.4) is 0 Å². The van der Waals surface area contributed by atoms with Gasteiger partial charge in [0.25, 0.3) is 5.91 Å². The van der Waals surface area contributed by atoms with E-state index in [1.54, 1.807) is 18.2 Å². The average molecular weight is 343 g/mol. The van der Waals surface area contributed by atoms with Crippen molar-refractivity contribution >= 4 is 52.0 Å². The van der Waals surface area contributed by atoms with Gasteiger partial charge in [-0.05, 0) is 30.3 Å². The van der Waals surface area contributed by atoms with Crippen LogP contribution in [0.4, 0.5) is 10.1 Å². The first-order chi connectivity index (χ1) is 9.90. The van der Waals surface area contributed by atoms with Gasteiger partial charge in [0.1, 0.15) is 10.8 Å². The molecule has 3 N–H and O–H groups in total. The van der Waals surface area contributed by atoms with Crippen molar-refractivity contribution in [2.75, 3.05) is 5.32 Å². The maximum atomic E-state index is 13.5. The fourth-order valence-corrected chi connectivity index (χ4v) is 2.43. The van der Waals surface area contributed by atoms with Crippen LogP contribution in [0.25, 0.3) is 0 Å². The number of nitrogens with two attached hydrogens (primary N) is 1. The number of benzene rings is 2. The van der Waals surface area contributed by atoms with Crippen molar-refractivity contribution in [1.82, 2.24) is 0 Å². The molecule has 0 spiro atoms. The van der Waals surface area contributed by atoms with Gasteiger partial charge in [-0.15, -0.1) is 0 Å². The molecule has 1 amide bonds. The molecule has 0 radical (unpaired) electrons. The first-order valence-electron chi connectivity index (χ1n) is 5.75. The summed E-state index contributed by atoms with van der Waals surface area (Å²) in [7, 11) is 0. The Bertz CT molecular complexity index is 717. The topological polar surface area (TPSA) is 55.1 Å². The molecule has 2 aromatic rings. The lowest BCUT2D eigenvalue weighted by Crippen LogP contribution is -2.15. The van der Waals surface area contributed by atoms with Gasteiger partial charge in [-0.2, -0.15) is 0 Å². The summed E-state index contributed by atoms with van der Waals surface area (Å²) in [6, 6.07) is 8.63. The number of carbonyl (C=O) groups excluding carboxylic acids is 1. The molecule has 108 valence electrons. The maximum Gasteiger partial charge on any atom is 0.258 e. The standard InChI is InChI=1S/C14H9Cl2FN2OS/c15-9-2-1-3-10(16)12(9)14(20)19-7-4-5-11(17)8(6-7)13(18)21/h1-6H,(H2,18,21)(H,19,20). The van der Waals surface area contributed by atoms with Crippen LogP contribution in [0.15, 0.2) is 36.4 Å². The molecule has 0 fully saturated rings. The highest BCUT2D eigenvalue weighted by molar-refractivity contribution is 7.80. The molecular formula is C14H9Cl2FN2OS. The van der Waals surface area contributed by atoms with Gasteiger partial charge in [0.05, 0.1) is 15.6 Å². The summed E-state index contributed by atoms with van der Waals surface area (Å²) in [5.74, 6) is -1.07. The highest BCUT2D eigenvalue weighted by Crippen LogP contribution is 2.25. The Labute approximate surface area is 135 Å². The summed E-state index contributed by atoms with van der Waals surface area (Å²) in [5.41, 5.74) is 5.93. The van der Waals surface area contributed by atoms with Crippen molar-refractivity contribution in [3.63, 3.8) is 0 Å². The molecule has 0 bridgehead atoms. The molecule has 0 aliphatic heterocycles. The largest absolute Gasteiger partial charge is 0.389 e. The lowest BCUT2D eigenvalue weighted by atomic mass is 10.1. The molecule has 21 heavy (non-hydrogen) atoms. The summed E-state index contributed by atoms with van der Waals surface area (Å²) in [6.45, 7) is 0. The van der Waals surface area contributed by atoms with Gasteiger partial charge in [-0.25, -0.2) is 4.39 Å². The van der Waals surface area contributed by atoms with E-state index >= 15 is 0 Å². The van der Waals surface area contributed by atoms with Crippen molar-refractivity contribution < 1.29 is 9.18 Å². The summed E-state index contributed by atoms with van der Waals surface area (Å²) in [4.78, 5) is 12.1. The molecule has 3 nitrogen and oxygen atoms in total. The second-order valence-corrected chi connectivity index (χ2v) is 5.36. The molecule has 2 rings (SSSR count). The predicted molar refractivity (Wildman–Crippen MR) is 86.7 cm³/mol. The SMILES string of the molecule is NC(=S)c1cc(NC(=O)c2c(Cl)cccc2Cl)ccc1F. The molecular weight excluding hydrogens is 334 g/mol. The number of carbonyl (C=O) groups is 1. The minimum atomic E-state index is -0.559.